The van der Waals surface area contributed by atoms with Crippen molar-refractivity contribution in [3.05, 3.63) is 42.6 Å². The Morgan fingerprint density at radius 2 is 1.84 bits per heavy atom. The summed E-state index contributed by atoms with van der Waals surface area (Å²) in [4.78, 5) is 4.44. The summed E-state index contributed by atoms with van der Waals surface area (Å²) in [6.07, 6.45) is 5.32. The Morgan fingerprint density at radius 1 is 1.08 bits per heavy atom. The summed E-state index contributed by atoms with van der Waals surface area (Å²) in [6.45, 7) is 0. The lowest BCUT2D eigenvalue weighted by Gasteiger charge is -2.26. The van der Waals surface area contributed by atoms with Crippen molar-refractivity contribution in [3.8, 4) is 17.0 Å². The van der Waals surface area contributed by atoms with Crippen molar-refractivity contribution in [1.29, 1.82) is 0 Å². The number of hydrogen-bond donors (Lipinski definition) is 2. The zero-order valence-electron chi connectivity index (χ0n) is 14.2. The summed E-state index contributed by atoms with van der Waals surface area (Å²) in [5.74, 6) is 1.66. The molecule has 2 heterocycles. The normalized spacial score (nSPS) is 20.6. The Hall–Kier alpha value is -2.60. The quantitative estimate of drug-likeness (QED) is 0.765. The van der Waals surface area contributed by atoms with Crippen molar-refractivity contribution in [2.24, 2.45) is 0 Å². The number of anilines is 1. The molecular formula is C19H22N4O2. The third kappa shape index (κ3) is 3.30. The summed E-state index contributed by atoms with van der Waals surface area (Å²) in [5.41, 5.74) is 2.80. The number of ether oxygens (including phenoxy) is 1. The monoisotopic (exact) mass is 338 g/mol. The zero-order valence-corrected chi connectivity index (χ0v) is 14.2. The van der Waals surface area contributed by atoms with Crippen LogP contribution in [0.15, 0.2) is 42.6 Å². The SMILES string of the molecule is COc1ccc(-c2cnc3ccc(NC4CCC(O)CC4)nn23)cc1. The van der Waals surface area contributed by atoms with E-state index in [0.717, 1.165) is 54.2 Å². The van der Waals surface area contributed by atoms with Gasteiger partial charge >= 0.3 is 0 Å². The Kier molecular flexibility index (Phi) is 4.28. The van der Waals surface area contributed by atoms with E-state index in [2.05, 4.69) is 10.3 Å². The predicted octanol–water partition coefficient (Wildman–Crippen LogP) is 3.12. The molecule has 6 nitrogen and oxygen atoms in total. The first-order valence-corrected chi connectivity index (χ1v) is 8.67. The van der Waals surface area contributed by atoms with E-state index in [9.17, 15) is 5.11 Å². The van der Waals surface area contributed by atoms with Gasteiger partial charge in [0.1, 0.15) is 11.6 Å². The first kappa shape index (κ1) is 15.9. The number of aliphatic hydroxyl groups is 1. The minimum atomic E-state index is -0.149. The predicted molar refractivity (Wildman–Crippen MR) is 96.9 cm³/mol. The van der Waals surface area contributed by atoms with Crippen LogP contribution in [0, 0.1) is 0 Å². The molecule has 1 saturated carbocycles. The van der Waals surface area contributed by atoms with Crippen molar-refractivity contribution in [1.82, 2.24) is 14.6 Å². The molecule has 0 radical (unpaired) electrons. The van der Waals surface area contributed by atoms with Crippen LogP contribution >= 0.6 is 0 Å². The Morgan fingerprint density at radius 3 is 2.56 bits per heavy atom. The summed E-state index contributed by atoms with van der Waals surface area (Å²) in [5, 5.41) is 17.8. The Labute approximate surface area is 146 Å². The first-order valence-electron chi connectivity index (χ1n) is 8.67. The molecule has 0 atom stereocenters. The number of nitrogens with zero attached hydrogens (tertiary/aromatic N) is 3. The van der Waals surface area contributed by atoms with E-state index in [1.54, 1.807) is 7.11 Å². The summed E-state index contributed by atoms with van der Waals surface area (Å²) in [7, 11) is 1.66. The molecular weight excluding hydrogens is 316 g/mol. The number of imidazole rings is 1. The number of aromatic nitrogens is 3. The Balaban J connectivity index is 1.60. The molecule has 4 rings (SSSR count). The molecule has 1 aliphatic carbocycles. The van der Waals surface area contributed by atoms with Gasteiger partial charge in [0.25, 0.3) is 0 Å². The second kappa shape index (κ2) is 6.72. The third-order valence-corrected chi connectivity index (χ3v) is 4.80. The third-order valence-electron chi connectivity index (χ3n) is 4.80. The molecule has 0 bridgehead atoms. The van der Waals surface area contributed by atoms with Crippen LogP contribution in [0.4, 0.5) is 5.82 Å². The summed E-state index contributed by atoms with van der Waals surface area (Å²) >= 11 is 0. The number of nitrogens with one attached hydrogen (secondary N) is 1. The molecule has 0 aliphatic heterocycles. The fraction of sp³-hybridized carbons (Fsp3) is 0.368. The highest BCUT2D eigenvalue weighted by atomic mass is 16.5. The fourth-order valence-corrected chi connectivity index (χ4v) is 3.34. The van der Waals surface area contributed by atoms with E-state index in [0.29, 0.717) is 6.04 Å². The molecule has 0 amide bonds. The topological polar surface area (TPSA) is 71.7 Å². The molecule has 1 aromatic carbocycles. The van der Waals surface area contributed by atoms with Gasteiger partial charge in [-0.1, -0.05) is 0 Å². The van der Waals surface area contributed by atoms with Crippen LogP contribution in [-0.4, -0.2) is 39.0 Å². The van der Waals surface area contributed by atoms with Gasteiger partial charge in [0, 0.05) is 11.6 Å². The first-order chi connectivity index (χ1) is 12.2. The second-order valence-electron chi connectivity index (χ2n) is 6.51. The van der Waals surface area contributed by atoms with Gasteiger partial charge < -0.3 is 15.2 Å². The van der Waals surface area contributed by atoms with E-state index < -0.39 is 0 Å². The standard InChI is InChI=1S/C19H22N4O2/c1-25-16-8-2-13(3-9-16)17-12-20-19-11-10-18(22-23(17)19)21-14-4-6-15(24)7-5-14/h2-3,8-12,14-15,24H,4-7H2,1H3,(H,21,22). The highest BCUT2D eigenvalue weighted by Gasteiger charge is 2.19. The minimum Gasteiger partial charge on any atom is -0.497 e. The number of aliphatic hydroxyl groups excluding tert-OH is 1. The van der Waals surface area contributed by atoms with Gasteiger partial charge in [-0.25, -0.2) is 9.50 Å². The molecule has 130 valence electrons. The van der Waals surface area contributed by atoms with E-state index in [4.69, 9.17) is 9.84 Å². The van der Waals surface area contributed by atoms with E-state index in [-0.39, 0.29) is 6.10 Å². The van der Waals surface area contributed by atoms with Crippen molar-refractivity contribution in [2.75, 3.05) is 12.4 Å². The maximum absolute atomic E-state index is 9.64. The van der Waals surface area contributed by atoms with Crippen molar-refractivity contribution < 1.29 is 9.84 Å². The molecule has 3 aromatic rings. The lowest BCUT2D eigenvalue weighted by atomic mass is 9.93. The fourth-order valence-electron chi connectivity index (χ4n) is 3.34. The maximum atomic E-state index is 9.64. The maximum Gasteiger partial charge on any atom is 0.154 e. The number of methoxy groups -OCH3 is 1. The van der Waals surface area contributed by atoms with Crippen LogP contribution < -0.4 is 10.1 Å². The number of benzene rings is 1. The van der Waals surface area contributed by atoms with Crippen LogP contribution in [0.5, 0.6) is 5.75 Å². The summed E-state index contributed by atoms with van der Waals surface area (Å²) < 4.78 is 7.08. The zero-order chi connectivity index (χ0) is 17.2. The second-order valence-corrected chi connectivity index (χ2v) is 6.51. The van der Waals surface area contributed by atoms with Crippen LogP contribution in [0.1, 0.15) is 25.7 Å². The van der Waals surface area contributed by atoms with Gasteiger partial charge in [-0.15, -0.1) is 5.10 Å². The molecule has 2 aromatic heterocycles. The van der Waals surface area contributed by atoms with E-state index >= 15 is 0 Å². The molecule has 2 N–H and O–H groups in total. The highest BCUT2D eigenvalue weighted by molar-refractivity contribution is 5.64. The number of hydrogen-bond acceptors (Lipinski definition) is 5. The molecule has 6 heteroatoms. The van der Waals surface area contributed by atoms with E-state index in [1.165, 1.54) is 0 Å². The van der Waals surface area contributed by atoms with Gasteiger partial charge in [0.05, 0.1) is 25.1 Å². The van der Waals surface area contributed by atoms with Gasteiger partial charge in [-0.2, -0.15) is 0 Å². The smallest absolute Gasteiger partial charge is 0.154 e. The largest absolute Gasteiger partial charge is 0.497 e. The number of fused-ring (bicyclic) bond motifs is 1. The minimum absolute atomic E-state index is 0.149. The molecule has 0 unspecified atom stereocenters. The molecule has 0 spiro atoms. The van der Waals surface area contributed by atoms with Gasteiger partial charge in [0.2, 0.25) is 0 Å². The molecule has 25 heavy (non-hydrogen) atoms. The van der Waals surface area contributed by atoms with Crippen molar-refractivity contribution >= 4 is 11.5 Å². The average Bonchev–Trinajstić information content (AvgIpc) is 3.07. The van der Waals surface area contributed by atoms with Crippen molar-refractivity contribution in [2.45, 2.75) is 37.8 Å². The lowest BCUT2D eigenvalue weighted by molar-refractivity contribution is 0.126. The molecule has 1 aliphatic rings. The van der Waals surface area contributed by atoms with Crippen LogP contribution in [-0.2, 0) is 0 Å². The van der Waals surface area contributed by atoms with Crippen LogP contribution in [0.3, 0.4) is 0 Å². The highest BCUT2D eigenvalue weighted by Crippen LogP contribution is 2.25. The molecule has 0 saturated heterocycles. The summed E-state index contributed by atoms with van der Waals surface area (Å²) in [6, 6.07) is 12.2. The van der Waals surface area contributed by atoms with E-state index in [1.807, 2.05) is 47.1 Å². The van der Waals surface area contributed by atoms with Crippen LogP contribution in [0.2, 0.25) is 0 Å². The number of rotatable bonds is 4. The molecule has 1 fully saturated rings. The van der Waals surface area contributed by atoms with Gasteiger partial charge in [-0.3, -0.25) is 0 Å². The average molecular weight is 338 g/mol. The van der Waals surface area contributed by atoms with Crippen molar-refractivity contribution in [3.63, 3.8) is 0 Å². The lowest BCUT2D eigenvalue weighted by Crippen LogP contribution is -2.28. The van der Waals surface area contributed by atoms with Crippen LogP contribution in [0.25, 0.3) is 16.9 Å². The van der Waals surface area contributed by atoms with Gasteiger partial charge in [0.15, 0.2) is 5.65 Å². The Bertz CT molecular complexity index is 851. The van der Waals surface area contributed by atoms with Gasteiger partial charge in [-0.05, 0) is 62.1 Å².